The van der Waals surface area contributed by atoms with Gasteiger partial charge in [0.1, 0.15) is 0 Å². The van der Waals surface area contributed by atoms with Gasteiger partial charge in [0, 0.05) is 5.02 Å². The van der Waals surface area contributed by atoms with Crippen molar-refractivity contribution in [3.63, 3.8) is 0 Å². The topological polar surface area (TPSA) is 46.5 Å². The van der Waals surface area contributed by atoms with Crippen LogP contribution in [0.15, 0.2) is 24.5 Å². The molecule has 16 heavy (non-hydrogen) atoms. The van der Waals surface area contributed by atoms with Crippen molar-refractivity contribution in [3.8, 4) is 0 Å². The quantitative estimate of drug-likeness (QED) is 0.805. The highest BCUT2D eigenvalue weighted by molar-refractivity contribution is 6.32. The van der Waals surface area contributed by atoms with E-state index in [1.807, 2.05) is 6.92 Å². The van der Waals surface area contributed by atoms with Gasteiger partial charge in [-0.15, -0.1) is 0 Å². The van der Waals surface area contributed by atoms with Crippen molar-refractivity contribution in [3.05, 3.63) is 40.6 Å². The molecule has 0 aliphatic carbocycles. The maximum atomic E-state index is 10.5. The highest BCUT2D eigenvalue weighted by Crippen LogP contribution is 2.19. The number of hydrogen-bond acceptors (Lipinski definition) is 2. The first kappa shape index (κ1) is 12.6. The van der Waals surface area contributed by atoms with Gasteiger partial charge in [-0.25, -0.2) is 0 Å². The highest BCUT2D eigenvalue weighted by atomic mass is 35.5. The van der Waals surface area contributed by atoms with Crippen LogP contribution < -0.4 is 0 Å². The molecule has 0 unspecified atom stereocenters. The van der Waals surface area contributed by atoms with E-state index in [0.29, 0.717) is 17.2 Å². The lowest BCUT2D eigenvalue weighted by molar-refractivity contribution is -0.136. The van der Waals surface area contributed by atoms with Gasteiger partial charge in [-0.1, -0.05) is 17.7 Å². The van der Waals surface area contributed by atoms with Gasteiger partial charge in [-0.05, 0) is 36.3 Å². The van der Waals surface area contributed by atoms with Crippen LogP contribution in [0, 0.1) is 0 Å². The Balaban J connectivity index is 2.85. The Morgan fingerprint density at radius 2 is 2.31 bits per heavy atom. The van der Waals surface area contributed by atoms with Gasteiger partial charge < -0.3 is 9.84 Å². The average molecular weight is 241 g/mol. The van der Waals surface area contributed by atoms with Gasteiger partial charge in [0.15, 0.2) is 0 Å². The SMILES string of the molecule is CCO/C=C/c1cc(CC(=O)O)ccc1Cl. The molecule has 86 valence electrons. The first-order valence-corrected chi connectivity index (χ1v) is 5.29. The van der Waals surface area contributed by atoms with E-state index in [9.17, 15) is 4.79 Å². The molecule has 0 saturated carbocycles. The summed E-state index contributed by atoms with van der Waals surface area (Å²) in [4.78, 5) is 10.5. The largest absolute Gasteiger partial charge is 0.501 e. The Kier molecular flexibility index (Phi) is 4.86. The van der Waals surface area contributed by atoms with Gasteiger partial charge in [0.25, 0.3) is 0 Å². The van der Waals surface area contributed by atoms with E-state index in [4.69, 9.17) is 21.4 Å². The normalized spacial score (nSPS) is 10.6. The molecule has 1 rings (SSSR count). The van der Waals surface area contributed by atoms with Crippen molar-refractivity contribution in [2.24, 2.45) is 0 Å². The molecule has 0 amide bonds. The molecule has 0 heterocycles. The average Bonchev–Trinajstić information content (AvgIpc) is 2.22. The lowest BCUT2D eigenvalue weighted by atomic mass is 10.1. The monoisotopic (exact) mass is 240 g/mol. The molecule has 0 radical (unpaired) electrons. The van der Waals surface area contributed by atoms with Crippen molar-refractivity contribution < 1.29 is 14.6 Å². The lowest BCUT2D eigenvalue weighted by Crippen LogP contribution is -2.00. The zero-order valence-electron chi connectivity index (χ0n) is 8.94. The van der Waals surface area contributed by atoms with E-state index in [-0.39, 0.29) is 6.42 Å². The van der Waals surface area contributed by atoms with E-state index >= 15 is 0 Å². The number of carbonyl (C=O) groups is 1. The number of benzene rings is 1. The number of carboxylic acids is 1. The summed E-state index contributed by atoms with van der Waals surface area (Å²) in [6.45, 7) is 2.47. The summed E-state index contributed by atoms with van der Waals surface area (Å²) in [6, 6.07) is 5.13. The molecule has 1 aromatic carbocycles. The van der Waals surface area contributed by atoms with Crippen LogP contribution in [-0.2, 0) is 16.0 Å². The molecule has 0 aromatic heterocycles. The van der Waals surface area contributed by atoms with Gasteiger partial charge in [-0.3, -0.25) is 4.79 Å². The zero-order chi connectivity index (χ0) is 12.0. The standard InChI is InChI=1S/C12H13ClO3/c1-2-16-6-5-10-7-9(8-12(14)15)3-4-11(10)13/h3-7H,2,8H2,1H3,(H,14,15)/b6-5+. The third kappa shape index (κ3) is 3.95. The van der Waals surface area contributed by atoms with Crippen LogP contribution in [0.5, 0.6) is 0 Å². The molecule has 3 nitrogen and oxygen atoms in total. The number of carboxylic acid groups (broad SMARTS) is 1. The second-order valence-electron chi connectivity index (χ2n) is 3.18. The first-order valence-electron chi connectivity index (χ1n) is 4.92. The molecule has 4 heteroatoms. The summed E-state index contributed by atoms with van der Waals surface area (Å²) < 4.78 is 5.06. The summed E-state index contributed by atoms with van der Waals surface area (Å²) in [5, 5.41) is 9.24. The van der Waals surface area contributed by atoms with Crippen molar-refractivity contribution in [2.45, 2.75) is 13.3 Å². The summed E-state index contributed by atoms with van der Waals surface area (Å²) >= 11 is 5.96. The molecule has 1 aromatic rings. The Labute approximate surface area is 99.3 Å². The molecular weight excluding hydrogens is 228 g/mol. The summed E-state index contributed by atoms with van der Waals surface area (Å²) in [5.41, 5.74) is 1.47. The van der Waals surface area contributed by atoms with E-state index in [2.05, 4.69) is 0 Å². The maximum absolute atomic E-state index is 10.5. The maximum Gasteiger partial charge on any atom is 0.307 e. The second kappa shape index (κ2) is 6.18. The van der Waals surface area contributed by atoms with Crippen molar-refractivity contribution in [2.75, 3.05) is 6.61 Å². The van der Waals surface area contributed by atoms with Crippen LogP contribution >= 0.6 is 11.6 Å². The minimum atomic E-state index is -0.859. The van der Waals surface area contributed by atoms with Gasteiger partial charge in [0.2, 0.25) is 0 Å². The summed E-state index contributed by atoms with van der Waals surface area (Å²) in [7, 11) is 0. The number of ether oxygens (including phenoxy) is 1. The van der Waals surface area contributed by atoms with Crippen molar-refractivity contribution in [1.82, 2.24) is 0 Å². The molecule has 1 N–H and O–H groups in total. The van der Waals surface area contributed by atoms with Crippen LogP contribution in [0.4, 0.5) is 0 Å². The Hall–Kier alpha value is -1.48. The van der Waals surface area contributed by atoms with Crippen LogP contribution in [0.2, 0.25) is 5.02 Å². The van der Waals surface area contributed by atoms with Crippen molar-refractivity contribution >= 4 is 23.6 Å². The Morgan fingerprint density at radius 3 is 2.94 bits per heavy atom. The lowest BCUT2D eigenvalue weighted by Gasteiger charge is -2.02. The van der Waals surface area contributed by atoms with Crippen LogP contribution in [0.3, 0.4) is 0 Å². The van der Waals surface area contributed by atoms with Gasteiger partial charge >= 0.3 is 5.97 Å². The number of rotatable bonds is 5. The molecule has 0 bridgehead atoms. The molecule has 0 atom stereocenters. The molecular formula is C12H13ClO3. The fourth-order valence-corrected chi connectivity index (χ4v) is 1.40. The van der Waals surface area contributed by atoms with Crippen LogP contribution in [-0.4, -0.2) is 17.7 Å². The zero-order valence-corrected chi connectivity index (χ0v) is 9.70. The second-order valence-corrected chi connectivity index (χ2v) is 3.59. The van der Waals surface area contributed by atoms with Crippen LogP contribution in [0.25, 0.3) is 6.08 Å². The number of aliphatic carboxylic acids is 1. The molecule has 0 saturated heterocycles. The summed E-state index contributed by atoms with van der Waals surface area (Å²) in [6.07, 6.45) is 3.26. The smallest absolute Gasteiger partial charge is 0.307 e. The molecule has 0 aliphatic rings. The molecule has 0 aliphatic heterocycles. The van der Waals surface area contributed by atoms with E-state index < -0.39 is 5.97 Å². The van der Waals surface area contributed by atoms with E-state index in [1.165, 1.54) is 0 Å². The van der Waals surface area contributed by atoms with E-state index in [1.54, 1.807) is 30.5 Å². The van der Waals surface area contributed by atoms with Crippen LogP contribution in [0.1, 0.15) is 18.1 Å². The van der Waals surface area contributed by atoms with Gasteiger partial charge in [0.05, 0.1) is 19.3 Å². The fraction of sp³-hybridized carbons (Fsp3) is 0.250. The Morgan fingerprint density at radius 1 is 1.56 bits per heavy atom. The molecule has 0 fully saturated rings. The predicted molar refractivity (Wildman–Crippen MR) is 63.5 cm³/mol. The predicted octanol–water partition coefficient (Wildman–Crippen LogP) is 2.97. The number of hydrogen-bond donors (Lipinski definition) is 1. The van der Waals surface area contributed by atoms with Gasteiger partial charge in [-0.2, -0.15) is 0 Å². The molecule has 0 spiro atoms. The first-order chi connectivity index (χ1) is 7.63. The minimum absolute atomic E-state index is 0.00730. The van der Waals surface area contributed by atoms with E-state index in [0.717, 1.165) is 5.56 Å². The third-order valence-electron chi connectivity index (χ3n) is 1.93. The summed E-state index contributed by atoms with van der Waals surface area (Å²) in [5.74, 6) is -0.859. The Bertz CT molecular complexity index is 399. The minimum Gasteiger partial charge on any atom is -0.501 e. The third-order valence-corrected chi connectivity index (χ3v) is 2.27. The number of halogens is 1. The fourth-order valence-electron chi connectivity index (χ4n) is 1.22. The highest BCUT2D eigenvalue weighted by Gasteiger charge is 2.03. The van der Waals surface area contributed by atoms with Crippen molar-refractivity contribution in [1.29, 1.82) is 0 Å².